The highest BCUT2D eigenvalue weighted by Gasteiger charge is 1.99. The molecule has 0 saturated carbocycles. The lowest BCUT2D eigenvalue weighted by atomic mass is 10.3. The zero-order valence-corrected chi connectivity index (χ0v) is 9.78. The van der Waals surface area contributed by atoms with E-state index in [1.165, 1.54) is 24.3 Å². The van der Waals surface area contributed by atoms with E-state index in [0.717, 1.165) is 12.3 Å². The molecule has 1 heterocycles. The second-order valence-electron chi connectivity index (χ2n) is 3.25. The van der Waals surface area contributed by atoms with Gasteiger partial charge in [0.25, 0.3) is 0 Å². The van der Waals surface area contributed by atoms with Gasteiger partial charge in [0.05, 0.1) is 0 Å². The Morgan fingerprint density at radius 3 is 2.92 bits per heavy atom. The van der Waals surface area contributed by atoms with Crippen molar-refractivity contribution < 1.29 is 0 Å². The van der Waals surface area contributed by atoms with E-state index in [2.05, 4.69) is 42.1 Å². The molecule has 0 N–H and O–H groups in total. The number of unbranched alkanes of at least 4 members (excludes halogenated alkanes) is 1. The van der Waals surface area contributed by atoms with Gasteiger partial charge in [-0.15, -0.1) is 11.3 Å². The zero-order valence-electron chi connectivity index (χ0n) is 8.07. The summed E-state index contributed by atoms with van der Waals surface area (Å²) in [6, 6.07) is 4.31. The van der Waals surface area contributed by atoms with E-state index >= 15 is 0 Å². The molecule has 0 atom stereocenters. The van der Waals surface area contributed by atoms with Crippen LogP contribution in [0.15, 0.2) is 17.5 Å². The summed E-state index contributed by atoms with van der Waals surface area (Å²) in [7, 11) is 2.18. The van der Waals surface area contributed by atoms with Crippen molar-refractivity contribution in [3.63, 3.8) is 0 Å². The molecule has 3 heteroatoms. The maximum atomic E-state index is 4.20. The molecule has 13 heavy (non-hydrogen) atoms. The molecule has 0 radical (unpaired) electrons. The summed E-state index contributed by atoms with van der Waals surface area (Å²) in [5.74, 6) is 1.01. The maximum Gasteiger partial charge on any atom is 0.0324 e. The minimum Gasteiger partial charge on any atom is -0.301 e. The van der Waals surface area contributed by atoms with E-state index in [9.17, 15) is 0 Å². The van der Waals surface area contributed by atoms with E-state index in [0.29, 0.717) is 0 Å². The summed E-state index contributed by atoms with van der Waals surface area (Å²) in [5.41, 5.74) is 0. The monoisotopic (exact) mass is 215 g/mol. The van der Waals surface area contributed by atoms with Crippen LogP contribution in [-0.2, 0) is 6.54 Å². The van der Waals surface area contributed by atoms with Crippen LogP contribution < -0.4 is 0 Å². The summed E-state index contributed by atoms with van der Waals surface area (Å²) >= 11 is 6.03. The minimum absolute atomic E-state index is 1.01. The summed E-state index contributed by atoms with van der Waals surface area (Å²) in [6.07, 6.45) is 2.48. The Morgan fingerprint density at radius 2 is 2.31 bits per heavy atom. The highest BCUT2D eigenvalue weighted by Crippen LogP contribution is 2.10. The topological polar surface area (TPSA) is 3.24 Å². The summed E-state index contributed by atoms with van der Waals surface area (Å²) < 4.78 is 0. The van der Waals surface area contributed by atoms with E-state index in [1.807, 2.05) is 11.3 Å². The average molecular weight is 215 g/mol. The molecule has 0 saturated heterocycles. The molecule has 0 bridgehead atoms. The molecule has 0 aliphatic heterocycles. The van der Waals surface area contributed by atoms with E-state index in [1.54, 1.807) is 0 Å². The molecule has 0 fully saturated rings. The molecule has 0 aliphatic rings. The zero-order chi connectivity index (χ0) is 9.52. The third-order valence-electron chi connectivity index (χ3n) is 1.95. The van der Waals surface area contributed by atoms with Gasteiger partial charge in [-0.3, -0.25) is 0 Å². The Bertz CT molecular complexity index is 209. The molecule has 0 amide bonds. The number of thiol groups is 1. The smallest absolute Gasteiger partial charge is 0.0324 e. The van der Waals surface area contributed by atoms with Crippen molar-refractivity contribution in [2.45, 2.75) is 19.4 Å². The van der Waals surface area contributed by atoms with Crippen LogP contribution in [-0.4, -0.2) is 24.2 Å². The average Bonchev–Trinajstić information content (AvgIpc) is 2.57. The fraction of sp³-hybridized carbons (Fsp3) is 0.600. The van der Waals surface area contributed by atoms with Crippen molar-refractivity contribution >= 4 is 24.0 Å². The Balaban J connectivity index is 2.14. The molecule has 0 spiro atoms. The minimum atomic E-state index is 1.01. The number of rotatable bonds is 6. The predicted molar refractivity (Wildman–Crippen MR) is 63.7 cm³/mol. The van der Waals surface area contributed by atoms with Gasteiger partial charge in [0.15, 0.2) is 0 Å². The Hall–Kier alpha value is 0.01000. The SMILES string of the molecule is CN(CCCCS)Cc1cccs1. The highest BCUT2D eigenvalue weighted by molar-refractivity contribution is 7.80. The lowest BCUT2D eigenvalue weighted by Crippen LogP contribution is -2.18. The van der Waals surface area contributed by atoms with Gasteiger partial charge in [0.1, 0.15) is 0 Å². The molecule has 1 nitrogen and oxygen atoms in total. The van der Waals surface area contributed by atoms with E-state index in [-0.39, 0.29) is 0 Å². The lowest BCUT2D eigenvalue weighted by Gasteiger charge is -2.14. The van der Waals surface area contributed by atoms with E-state index in [4.69, 9.17) is 0 Å². The molecule has 0 unspecified atom stereocenters. The quantitative estimate of drug-likeness (QED) is 0.564. The second kappa shape index (κ2) is 6.46. The van der Waals surface area contributed by atoms with Crippen molar-refractivity contribution in [1.82, 2.24) is 4.90 Å². The highest BCUT2D eigenvalue weighted by atomic mass is 32.1. The van der Waals surface area contributed by atoms with Crippen LogP contribution in [0.4, 0.5) is 0 Å². The summed E-state index contributed by atoms with van der Waals surface area (Å²) in [4.78, 5) is 3.82. The molecule has 0 aromatic carbocycles. The first-order valence-corrected chi connectivity index (χ1v) is 6.16. The third-order valence-corrected chi connectivity index (χ3v) is 3.13. The fourth-order valence-corrected chi connectivity index (χ4v) is 2.25. The van der Waals surface area contributed by atoms with Crippen molar-refractivity contribution in [2.75, 3.05) is 19.3 Å². The van der Waals surface area contributed by atoms with Crippen LogP contribution in [0.25, 0.3) is 0 Å². The van der Waals surface area contributed by atoms with Crippen LogP contribution in [0.2, 0.25) is 0 Å². The Morgan fingerprint density at radius 1 is 1.46 bits per heavy atom. The number of nitrogens with zero attached hydrogens (tertiary/aromatic N) is 1. The Labute approximate surface area is 90.2 Å². The van der Waals surface area contributed by atoms with Crippen LogP contribution in [0.1, 0.15) is 17.7 Å². The molecule has 1 aromatic heterocycles. The standard InChI is InChI=1S/C10H17NS2/c1-11(6-2-3-7-12)9-10-5-4-8-13-10/h4-5,8,12H,2-3,6-7,9H2,1H3. The van der Waals surface area contributed by atoms with Gasteiger partial charge in [-0.1, -0.05) is 6.07 Å². The van der Waals surface area contributed by atoms with Gasteiger partial charge in [0.2, 0.25) is 0 Å². The van der Waals surface area contributed by atoms with Crippen molar-refractivity contribution in [2.24, 2.45) is 0 Å². The van der Waals surface area contributed by atoms with Crippen LogP contribution in [0, 0.1) is 0 Å². The van der Waals surface area contributed by atoms with Crippen molar-refractivity contribution in [1.29, 1.82) is 0 Å². The summed E-state index contributed by atoms with van der Waals surface area (Å²) in [5, 5.41) is 2.14. The molecule has 1 aromatic rings. The summed E-state index contributed by atoms with van der Waals surface area (Å²) in [6.45, 7) is 2.27. The van der Waals surface area contributed by atoms with Gasteiger partial charge in [0, 0.05) is 11.4 Å². The third kappa shape index (κ3) is 4.69. The van der Waals surface area contributed by atoms with Crippen LogP contribution in [0.5, 0.6) is 0 Å². The van der Waals surface area contributed by atoms with Crippen molar-refractivity contribution in [3.05, 3.63) is 22.4 Å². The molecular formula is C10H17NS2. The van der Waals surface area contributed by atoms with Gasteiger partial charge in [-0.2, -0.15) is 12.6 Å². The number of hydrogen-bond donors (Lipinski definition) is 1. The first-order valence-electron chi connectivity index (χ1n) is 4.64. The molecule has 1 rings (SSSR count). The molecule has 0 aliphatic carbocycles. The molecular weight excluding hydrogens is 198 g/mol. The number of thiophene rings is 1. The fourth-order valence-electron chi connectivity index (χ4n) is 1.24. The normalized spacial score (nSPS) is 11.0. The van der Waals surface area contributed by atoms with Crippen molar-refractivity contribution in [3.8, 4) is 0 Å². The van der Waals surface area contributed by atoms with Gasteiger partial charge in [-0.05, 0) is 43.6 Å². The van der Waals surface area contributed by atoms with Crippen LogP contribution in [0.3, 0.4) is 0 Å². The largest absolute Gasteiger partial charge is 0.301 e. The first-order chi connectivity index (χ1) is 6.33. The maximum absolute atomic E-state index is 4.20. The van der Waals surface area contributed by atoms with E-state index < -0.39 is 0 Å². The first kappa shape index (κ1) is 11.1. The predicted octanol–water partition coefficient (Wildman–Crippen LogP) is 2.89. The van der Waals surface area contributed by atoms with Gasteiger partial charge in [-0.25, -0.2) is 0 Å². The van der Waals surface area contributed by atoms with Gasteiger partial charge < -0.3 is 4.90 Å². The Kier molecular flexibility index (Phi) is 5.51. The van der Waals surface area contributed by atoms with Crippen LogP contribution >= 0.6 is 24.0 Å². The second-order valence-corrected chi connectivity index (χ2v) is 4.73. The lowest BCUT2D eigenvalue weighted by molar-refractivity contribution is 0.324. The van der Waals surface area contributed by atoms with Gasteiger partial charge >= 0.3 is 0 Å². The molecule has 74 valence electrons. The number of hydrogen-bond acceptors (Lipinski definition) is 3.